The summed E-state index contributed by atoms with van der Waals surface area (Å²) in [6.07, 6.45) is 7.91. The van der Waals surface area contributed by atoms with Gasteiger partial charge < -0.3 is 24.4 Å². The first-order valence-corrected chi connectivity index (χ1v) is 14.5. The zero-order chi connectivity index (χ0) is 29.1. The summed E-state index contributed by atoms with van der Waals surface area (Å²) in [4.78, 5) is 45.7. The quantitative estimate of drug-likeness (QED) is 0.211. The van der Waals surface area contributed by atoms with E-state index in [4.69, 9.17) is 9.47 Å². The van der Waals surface area contributed by atoms with Crippen LogP contribution in [0, 0.1) is 25.7 Å². The number of fused-ring (bicyclic) bond motifs is 1. The van der Waals surface area contributed by atoms with Crippen LogP contribution in [0.5, 0.6) is 0 Å². The largest absolute Gasteiger partial charge is 0.465 e. The summed E-state index contributed by atoms with van der Waals surface area (Å²) >= 11 is 0. The molecule has 4 rings (SSSR count). The maximum atomic E-state index is 14.6. The van der Waals surface area contributed by atoms with E-state index >= 15 is 0 Å². The molecule has 3 aliphatic rings. The Kier molecular flexibility index (Phi) is 9.20. The minimum atomic E-state index is -1.11. The number of allylic oxidation sites excluding steroid dienone is 1. The van der Waals surface area contributed by atoms with Crippen molar-refractivity contribution in [3.8, 4) is 0 Å². The van der Waals surface area contributed by atoms with E-state index in [2.05, 4.69) is 13.2 Å². The number of rotatable bonds is 14. The molecule has 0 aromatic heterocycles. The molecule has 1 aromatic carbocycles. The third kappa shape index (κ3) is 5.23. The van der Waals surface area contributed by atoms with Crippen LogP contribution in [0.3, 0.4) is 0 Å². The topological polar surface area (TPSA) is 96.4 Å². The molecule has 8 heteroatoms. The Morgan fingerprint density at radius 1 is 1.18 bits per heavy atom. The number of aryl methyl sites for hydroxylation is 2. The molecular weight excluding hydrogens is 508 g/mol. The van der Waals surface area contributed by atoms with Gasteiger partial charge in [0.15, 0.2) is 0 Å². The van der Waals surface area contributed by atoms with Gasteiger partial charge in [0, 0.05) is 25.4 Å². The first kappa shape index (κ1) is 30.0. The zero-order valence-electron chi connectivity index (χ0n) is 24.2. The highest BCUT2D eigenvalue weighted by Gasteiger charge is 2.78. The molecule has 1 N–H and O–H groups in total. The Balaban J connectivity index is 1.73. The normalized spacial score (nSPS) is 28.4. The van der Waals surface area contributed by atoms with Gasteiger partial charge in [-0.25, -0.2) is 0 Å². The fourth-order valence-electron chi connectivity index (χ4n) is 6.96. The molecular formula is C32H44N2O6. The van der Waals surface area contributed by atoms with E-state index in [1.165, 1.54) is 0 Å². The van der Waals surface area contributed by atoms with Gasteiger partial charge in [0.1, 0.15) is 17.6 Å². The van der Waals surface area contributed by atoms with Crippen molar-refractivity contribution in [2.24, 2.45) is 11.8 Å². The molecule has 0 radical (unpaired) electrons. The molecule has 1 aromatic rings. The number of amides is 2. The van der Waals surface area contributed by atoms with E-state index in [-0.39, 0.29) is 31.6 Å². The number of ether oxygens (including phenoxy) is 2. The molecule has 3 fully saturated rings. The van der Waals surface area contributed by atoms with Crippen LogP contribution >= 0.6 is 0 Å². The van der Waals surface area contributed by atoms with E-state index in [0.717, 1.165) is 29.7 Å². The van der Waals surface area contributed by atoms with Crippen molar-refractivity contribution in [2.75, 3.05) is 31.2 Å². The van der Waals surface area contributed by atoms with Crippen LogP contribution in [0.25, 0.3) is 0 Å². The smallest absolute Gasteiger partial charge is 0.312 e. The number of aliphatic hydroxyl groups is 1. The lowest BCUT2D eigenvalue weighted by molar-refractivity contribution is -0.159. The summed E-state index contributed by atoms with van der Waals surface area (Å²) in [7, 11) is 0. The second-order valence-corrected chi connectivity index (χ2v) is 11.7. The molecule has 40 heavy (non-hydrogen) atoms. The molecule has 2 bridgehead atoms. The number of likely N-dealkylation sites (tertiary alicyclic amines) is 1. The minimum Gasteiger partial charge on any atom is -0.465 e. The van der Waals surface area contributed by atoms with Gasteiger partial charge in [-0.2, -0.15) is 0 Å². The Hall–Kier alpha value is -2.97. The average molecular weight is 553 g/mol. The summed E-state index contributed by atoms with van der Waals surface area (Å²) in [6, 6.07) is 5.09. The van der Waals surface area contributed by atoms with Crippen molar-refractivity contribution < 1.29 is 29.0 Å². The molecule has 3 heterocycles. The molecule has 8 nitrogen and oxygen atoms in total. The summed E-state index contributed by atoms with van der Waals surface area (Å²) in [5.41, 5.74) is 0.751. The maximum absolute atomic E-state index is 14.6. The minimum absolute atomic E-state index is 0.0733. The Morgan fingerprint density at radius 3 is 2.65 bits per heavy atom. The van der Waals surface area contributed by atoms with Crippen LogP contribution in [0.4, 0.5) is 5.69 Å². The van der Waals surface area contributed by atoms with Gasteiger partial charge in [-0.05, 0) is 82.9 Å². The van der Waals surface area contributed by atoms with Gasteiger partial charge in [-0.1, -0.05) is 24.3 Å². The maximum Gasteiger partial charge on any atom is 0.312 e. The third-order valence-electron chi connectivity index (χ3n) is 8.85. The van der Waals surface area contributed by atoms with Crippen LogP contribution < -0.4 is 4.90 Å². The number of hydrogen-bond acceptors (Lipinski definition) is 6. The lowest BCUT2D eigenvalue weighted by Gasteiger charge is -2.37. The first-order chi connectivity index (χ1) is 19.1. The van der Waals surface area contributed by atoms with Crippen LogP contribution in [0.1, 0.15) is 63.0 Å². The monoisotopic (exact) mass is 552 g/mol. The van der Waals surface area contributed by atoms with Gasteiger partial charge in [0.25, 0.3) is 5.91 Å². The summed E-state index contributed by atoms with van der Waals surface area (Å²) in [6.45, 7) is 14.4. The van der Waals surface area contributed by atoms with Crippen LogP contribution in [-0.4, -0.2) is 71.3 Å². The molecule has 0 aliphatic carbocycles. The Labute approximate surface area is 238 Å². The van der Waals surface area contributed by atoms with E-state index in [9.17, 15) is 19.5 Å². The number of aliphatic hydroxyl groups excluding tert-OH is 1. The van der Waals surface area contributed by atoms with E-state index in [1.807, 2.05) is 39.0 Å². The van der Waals surface area contributed by atoms with Crippen LogP contribution in [0.2, 0.25) is 0 Å². The molecule has 5 atom stereocenters. The fourth-order valence-corrected chi connectivity index (χ4v) is 6.96. The lowest BCUT2D eigenvalue weighted by atomic mass is 9.66. The summed E-state index contributed by atoms with van der Waals surface area (Å²) in [5, 5.41) is 9.27. The van der Waals surface area contributed by atoms with Gasteiger partial charge in [-0.15, -0.1) is 13.2 Å². The number of nitrogens with zero attached hydrogens (tertiary/aromatic N) is 2. The van der Waals surface area contributed by atoms with E-state index in [1.54, 1.807) is 22.0 Å². The zero-order valence-corrected chi connectivity index (χ0v) is 24.2. The predicted octanol–water partition coefficient (Wildman–Crippen LogP) is 4.26. The first-order valence-electron chi connectivity index (χ1n) is 14.5. The van der Waals surface area contributed by atoms with Crippen molar-refractivity contribution in [3.05, 3.63) is 54.6 Å². The van der Waals surface area contributed by atoms with Crippen molar-refractivity contribution in [2.45, 2.75) is 83.0 Å². The third-order valence-corrected chi connectivity index (χ3v) is 8.85. The molecule has 3 saturated heterocycles. The summed E-state index contributed by atoms with van der Waals surface area (Å²) < 4.78 is 12.4. The molecule has 2 amide bonds. The second-order valence-electron chi connectivity index (χ2n) is 11.7. The van der Waals surface area contributed by atoms with Crippen molar-refractivity contribution >= 4 is 23.5 Å². The summed E-state index contributed by atoms with van der Waals surface area (Å²) in [5.74, 6) is -2.44. The predicted molar refractivity (Wildman–Crippen MR) is 154 cm³/mol. The molecule has 3 aliphatic heterocycles. The van der Waals surface area contributed by atoms with Gasteiger partial charge in [0.05, 0.1) is 18.1 Å². The Bertz CT molecular complexity index is 1150. The van der Waals surface area contributed by atoms with Crippen molar-refractivity contribution in [1.82, 2.24) is 4.90 Å². The number of esters is 1. The number of carbonyl (C=O) groups excluding carboxylic acids is 3. The number of carbonyl (C=O) groups is 3. The highest BCUT2D eigenvalue weighted by atomic mass is 16.6. The van der Waals surface area contributed by atoms with Crippen molar-refractivity contribution in [3.63, 3.8) is 0 Å². The van der Waals surface area contributed by atoms with Gasteiger partial charge >= 0.3 is 5.97 Å². The molecule has 1 spiro atoms. The lowest BCUT2D eigenvalue weighted by Crippen LogP contribution is -2.56. The highest BCUT2D eigenvalue weighted by Crippen LogP contribution is 2.63. The molecule has 218 valence electrons. The SMILES string of the molecule is C=CCCCOC(=O)[C@H]1[C@H]2C(=O)N(CCCCCO)C(C(=O)N(CC=C)c3cc(C)ccc3C)C23CC[C@]1(C)O3. The Morgan fingerprint density at radius 2 is 1.95 bits per heavy atom. The van der Waals surface area contributed by atoms with Gasteiger partial charge in [-0.3, -0.25) is 14.4 Å². The van der Waals surface area contributed by atoms with Crippen LogP contribution in [0.15, 0.2) is 43.5 Å². The number of hydrogen-bond donors (Lipinski definition) is 1. The standard InChI is InChI=1S/C32H44N2O6/c1-6-8-12-20-39-30(38)26-25-28(36)34(18-10-9-11-19-35)27(32(25)16-15-31(26,5)40-32)29(37)33(17-7-2)24-21-22(3)13-14-23(24)4/h6-7,13-14,21,25-27,35H,1-2,8-12,15-20H2,3-5H3/t25-,26+,27?,31-,32?/m0/s1. The molecule has 2 unspecified atom stereocenters. The van der Waals surface area contributed by atoms with Crippen molar-refractivity contribution in [1.29, 1.82) is 0 Å². The number of benzene rings is 1. The number of anilines is 1. The average Bonchev–Trinajstić information content (AvgIpc) is 3.49. The van der Waals surface area contributed by atoms with E-state index < -0.39 is 35.0 Å². The van der Waals surface area contributed by atoms with Crippen LogP contribution in [-0.2, 0) is 23.9 Å². The van der Waals surface area contributed by atoms with Gasteiger partial charge in [0.2, 0.25) is 5.91 Å². The molecule has 0 saturated carbocycles. The highest BCUT2D eigenvalue weighted by molar-refractivity contribution is 6.05. The van der Waals surface area contributed by atoms with E-state index in [0.29, 0.717) is 38.6 Å². The second kappa shape index (κ2) is 12.3. The fraction of sp³-hybridized carbons (Fsp3) is 0.594. The number of unbranched alkanes of at least 4 members (excludes halogenated alkanes) is 3.